The number of benzene rings is 1. The van der Waals surface area contributed by atoms with Gasteiger partial charge in [0, 0.05) is 7.05 Å². The first-order valence-electron chi connectivity index (χ1n) is 5.31. The lowest BCUT2D eigenvalue weighted by Crippen LogP contribution is -1.90. The van der Waals surface area contributed by atoms with Gasteiger partial charge in [-0.25, -0.2) is 4.98 Å². The maximum Gasteiger partial charge on any atom is 0.151 e. The lowest BCUT2D eigenvalue weighted by atomic mass is 10.2. The van der Waals surface area contributed by atoms with E-state index in [0.29, 0.717) is 5.56 Å². The molecule has 0 aliphatic heterocycles. The van der Waals surface area contributed by atoms with Crippen LogP contribution in [0.15, 0.2) is 34.1 Å². The van der Waals surface area contributed by atoms with Gasteiger partial charge in [-0.2, -0.15) is 5.26 Å². The van der Waals surface area contributed by atoms with Crippen molar-refractivity contribution in [1.82, 2.24) is 9.55 Å². The summed E-state index contributed by atoms with van der Waals surface area (Å²) in [6.45, 7) is 0. The molecule has 0 unspecified atom stereocenters. The summed E-state index contributed by atoms with van der Waals surface area (Å²) in [7, 11) is 1.99. The first-order valence-corrected chi connectivity index (χ1v) is 6.92. The number of hydrogen-bond acceptors (Lipinski definition) is 3. The molecule has 0 N–H and O–H groups in total. The Labute approximate surface area is 116 Å². The Morgan fingerprint density at radius 2 is 2.17 bits per heavy atom. The van der Waals surface area contributed by atoms with Crippen LogP contribution in [0.2, 0.25) is 0 Å². The molecular formula is C13H8BrN3S. The summed E-state index contributed by atoms with van der Waals surface area (Å²) in [6.07, 6.45) is 0. The van der Waals surface area contributed by atoms with Crippen molar-refractivity contribution in [3.05, 3.63) is 39.7 Å². The minimum atomic E-state index is 0.638. The number of aromatic nitrogens is 2. The summed E-state index contributed by atoms with van der Waals surface area (Å²) in [5.74, 6) is 0.927. The highest BCUT2D eigenvalue weighted by Gasteiger charge is 2.11. The third kappa shape index (κ3) is 1.74. The van der Waals surface area contributed by atoms with Crippen molar-refractivity contribution < 1.29 is 0 Å². The highest BCUT2D eigenvalue weighted by Crippen LogP contribution is 2.32. The van der Waals surface area contributed by atoms with Gasteiger partial charge >= 0.3 is 0 Å². The number of imidazole rings is 1. The molecule has 0 aliphatic rings. The van der Waals surface area contributed by atoms with Crippen LogP contribution < -0.4 is 0 Å². The molecule has 0 aliphatic carbocycles. The van der Waals surface area contributed by atoms with Crippen LogP contribution in [0.3, 0.4) is 0 Å². The number of nitriles is 1. The Bertz CT molecular complexity index is 779. The van der Waals surface area contributed by atoms with Crippen LogP contribution in [0.1, 0.15) is 5.56 Å². The van der Waals surface area contributed by atoms with Crippen molar-refractivity contribution in [3.63, 3.8) is 0 Å². The molecule has 88 valence electrons. The van der Waals surface area contributed by atoms with E-state index in [1.807, 2.05) is 37.4 Å². The van der Waals surface area contributed by atoms with Gasteiger partial charge in [0.15, 0.2) is 5.82 Å². The van der Waals surface area contributed by atoms with Crippen LogP contribution >= 0.6 is 27.3 Å². The van der Waals surface area contributed by atoms with Crippen LogP contribution in [0.25, 0.3) is 21.7 Å². The maximum atomic E-state index is 8.90. The van der Waals surface area contributed by atoms with E-state index in [-0.39, 0.29) is 0 Å². The third-order valence-electron chi connectivity index (χ3n) is 2.80. The zero-order valence-electron chi connectivity index (χ0n) is 9.51. The second-order valence-electron chi connectivity index (χ2n) is 3.91. The summed E-state index contributed by atoms with van der Waals surface area (Å²) in [6, 6.07) is 11.8. The fourth-order valence-corrected chi connectivity index (χ4v) is 3.34. The van der Waals surface area contributed by atoms with E-state index in [1.165, 1.54) is 0 Å². The molecule has 3 rings (SSSR count). The molecule has 2 heterocycles. The van der Waals surface area contributed by atoms with E-state index in [0.717, 1.165) is 25.5 Å². The van der Waals surface area contributed by atoms with Gasteiger partial charge in [0.2, 0.25) is 0 Å². The van der Waals surface area contributed by atoms with Crippen molar-refractivity contribution in [3.8, 4) is 16.8 Å². The summed E-state index contributed by atoms with van der Waals surface area (Å²) >= 11 is 5.11. The average Bonchev–Trinajstić information content (AvgIpc) is 2.93. The van der Waals surface area contributed by atoms with Crippen molar-refractivity contribution in [2.45, 2.75) is 0 Å². The first-order chi connectivity index (χ1) is 8.69. The largest absolute Gasteiger partial charge is 0.326 e. The van der Waals surface area contributed by atoms with Crippen molar-refractivity contribution in [2.24, 2.45) is 7.05 Å². The molecule has 0 radical (unpaired) electrons. The summed E-state index contributed by atoms with van der Waals surface area (Å²) < 4.78 is 3.14. The van der Waals surface area contributed by atoms with E-state index in [9.17, 15) is 0 Å². The van der Waals surface area contributed by atoms with E-state index in [1.54, 1.807) is 11.3 Å². The van der Waals surface area contributed by atoms with Gasteiger partial charge in [-0.3, -0.25) is 0 Å². The fourth-order valence-electron chi connectivity index (χ4n) is 1.92. The van der Waals surface area contributed by atoms with Gasteiger partial charge in [0.25, 0.3) is 0 Å². The number of aryl methyl sites for hydroxylation is 1. The Kier molecular flexibility index (Phi) is 2.69. The normalized spacial score (nSPS) is 10.7. The highest BCUT2D eigenvalue weighted by atomic mass is 79.9. The van der Waals surface area contributed by atoms with Gasteiger partial charge < -0.3 is 4.57 Å². The van der Waals surface area contributed by atoms with Crippen LogP contribution in [0.5, 0.6) is 0 Å². The van der Waals surface area contributed by atoms with Gasteiger partial charge in [0.1, 0.15) is 0 Å². The monoisotopic (exact) mass is 317 g/mol. The lowest BCUT2D eigenvalue weighted by Gasteiger charge is -1.98. The Morgan fingerprint density at radius 1 is 1.33 bits per heavy atom. The second-order valence-corrected chi connectivity index (χ2v) is 6.38. The van der Waals surface area contributed by atoms with Gasteiger partial charge in [-0.1, -0.05) is 0 Å². The number of rotatable bonds is 1. The number of hydrogen-bond donors (Lipinski definition) is 0. The fraction of sp³-hybridized carbons (Fsp3) is 0.0769. The molecule has 1 aromatic carbocycles. The summed E-state index contributed by atoms with van der Waals surface area (Å²) in [5.41, 5.74) is 2.53. The van der Waals surface area contributed by atoms with Crippen LogP contribution in [0, 0.1) is 11.3 Å². The second kappa shape index (κ2) is 4.23. The average molecular weight is 318 g/mol. The summed E-state index contributed by atoms with van der Waals surface area (Å²) in [4.78, 5) is 5.72. The number of nitrogens with zero attached hydrogens (tertiary/aromatic N) is 3. The van der Waals surface area contributed by atoms with E-state index >= 15 is 0 Å². The molecule has 0 fully saturated rings. The smallest absolute Gasteiger partial charge is 0.151 e. The molecule has 5 heteroatoms. The lowest BCUT2D eigenvalue weighted by molar-refractivity contribution is 0.963. The van der Waals surface area contributed by atoms with Crippen molar-refractivity contribution in [1.29, 1.82) is 5.26 Å². The molecule has 3 nitrogen and oxygen atoms in total. The Morgan fingerprint density at radius 3 is 2.83 bits per heavy atom. The molecule has 3 aromatic rings. The predicted octanol–water partition coefficient (Wildman–Crippen LogP) is 3.94. The van der Waals surface area contributed by atoms with E-state index < -0.39 is 0 Å². The molecule has 0 saturated carbocycles. The van der Waals surface area contributed by atoms with E-state index in [4.69, 9.17) is 5.26 Å². The number of halogens is 1. The Balaban J connectivity index is 2.26. The standard InChI is InChI=1S/C13H8BrN3S/c1-17-10-3-2-8(7-15)6-9(10)16-13(17)11-4-5-12(14)18-11/h2-6H,1H3. The molecule has 0 atom stereocenters. The summed E-state index contributed by atoms with van der Waals surface area (Å²) in [5, 5.41) is 8.90. The quantitative estimate of drug-likeness (QED) is 0.682. The van der Waals surface area contributed by atoms with Crippen molar-refractivity contribution >= 4 is 38.3 Å². The van der Waals surface area contributed by atoms with Crippen LogP contribution in [-0.2, 0) is 7.05 Å². The van der Waals surface area contributed by atoms with Gasteiger partial charge in [-0.05, 0) is 46.3 Å². The maximum absolute atomic E-state index is 8.90. The van der Waals surface area contributed by atoms with Crippen molar-refractivity contribution in [2.75, 3.05) is 0 Å². The van der Waals surface area contributed by atoms with Crippen LogP contribution in [-0.4, -0.2) is 9.55 Å². The highest BCUT2D eigenvalue weighted by molar-refractivity contribution is 9.11. The number of thiophene rings is 1. The Hall–Kier alpha value is -1.64. The van der Waals surface area contributed by atoms with E-state index in [2.05, 4.69) is 31.6 Å². The molecular weight excluding hydrogens is 310 g/mol. The minimum Gasteiger partial charge on any atom is -0.326 e. The molecule has 0 saturated heterocycles. The van der Waals surface area contributed by atoms with Crippen LogP contribution in [0.4, 0.5) is 0 Å². The first kappa shape index (κ1) is 11.5. The SMILES string of the molecule is Cn1c(-c2ccc(Br)s2)nc2cc(C#N)ccc21. The predicted molar refractivity (Wildman–Crippen MR) is 76.4 cm³/mol. The van der Waals surface area contributed by atoms with Gasteiger partial charge in [0.05, 0.1) is 31.3 Å². The molecule has 0 amide bonds. The topological polar surface area (TPSA) is 41.6 Å². The zero-order chi connectivity index (χ0) is 12.7. The molecule has 2 aromatic heterocycles. The molecule has 0 spiro atoms. The van der Waals surface area contributed by atoms with Gasteiger partial charge in [-0.15, -0.1) is 11.3 Å². The molecule has 18 heavy (non-hydrogen) atoms. The minimum absolute atomic E-state index is 0.638. The number of fused-ring (bicyclic) bond motifs is 1. The molecule has 0 bridgehead atoms. The third-order valence-corrected chi connectivity index (χ3v) is 4.42. The zero-order valence-corrected chi connectivity index (χ0v) is 11.9.